The minimum Gasteiger partial charge on any atom is -0.383 e. The molecule has 0 aliphatic rings. The highest BCUT2D eigenvalue weighted by Gasteiger charge is 2.11. The van der Waals surface area contributed by atoms with Gasteiger partial charge in [0.15, 0.2) is 0 Å². The standard InChI is InChI=1S/C14H12ClN3/c1-9-2-4-10(5-3-9)13-14(16)18-7-6-11(15)8-12(18)17-13/h2-8H,16H2,1H3. The lowest BCUT2D eigenvalue weighted by Crippen LogP contribution is -1.93. The van der Waals surface area contributed by atoms with Gasteiger partial charge in [0.2, 0.25) is 0 Å². The van der Waals surface area contributed by atoms with E-state index in [1.165, 1.54) is 5.56 Å². The predicted molar refractivity (Wildman–Crippen MR) is 74.8 cm³/mol. The number of nitrogens with two attached hydrogens (primary N) is 1. The highest BCUT2D eigenvalue weighted by Crippen LogP contribution is 2.27. The Balaban J connectivity index is 2.23. The number of aryl methyl sites for hydroxylation is 1. The number of benzene rings is 1. The van der Waals surface area contributed by atoms with Gasteiger partial charge in [-0.1, -0.05) is 41.4 Å². The molecule has 0 saturated heterocycles. The van der Waals surface area contributed by atoms with E-state index >= 15 is 0 Å². The molecule has 2 heterocycles. The van der Waals surface area contributed by atoms with Gasteiger partial charge in [-0.15, -0.1) is 0 Å². The number of nitrogen functional groups attached to an aromatic ring is 1. The van der Waals surface area contributed by atoms with Crippen LogP contribution in [0.3, 0.4) is 0 Å². The quantitative estimate of drug-likeness (QED) is 0.725. The first-order valence-electron chi connectivity index (χ1n) is 5.65. The van der Waals surface area contributed by atoms with Crippen molar-refractivity contribution < 1.29 is 0 Å². The Labute approximate surface area is 110 Å². The van der Waals surface area contributed by atoms with Crippen LogP contribution < -0.4 is 5.73 Å². The van der Waals surface area contributed by atoms with Crippen LogP contribution in [0.5, 0.6) is 0 Å². The smallest absolute Gasteiger partial charge is 0.140 e. The molecule has 0 bridgehead atoms. The van der Waals surface area contributed by atoms with Gasteiger partial charge >= 0.3 is 0 Å². The van der Waals surface area contributed by atoms with Gasteiger partial charge in [0, 0.05) is 22.8 Å². The number of hydrogen-bond donors (Lipinski definition) is 1. The van der Waals surface area contributed by atoms with Crippen molar-refractivity contribution in [2.75, 3.05) is 5.73 Å². The molecule has 0 aliphatic carbocycles. The van der Waals surface area contributed by atoms with Crippen LogP contribution in [0.25, 0.3) is 16.9 Å². The van der Waals surface area contributed by atoms with Gasteiger partial charge in [0.05, 0.1) is 0 Å². The number of rotatable bonds is 1. The number of anilines is 1. The molecular weight excluding hydrogens is 246 g/mol. The minimum absolute atomic E-state index is 0.630. The highest BCUT2D eigenvalue weighted by molar-refractivity contribution is 6.30. The van der Waals surface area contributed by atoms with Crippen LogP contribution in [-0.2, 0) is 0 Å². The number of hydrogen-bond acceptors (Lipinski definition) is 2. The van der Waals surface area contributed by atoms with Gasteiger partial charge in [-0.3, -0.25) is 4.40 Å². The molecule has 0 fully saturated rings. The van der Waals surface area contributed by atoms with Crippen LogP contribution in [0.2, 0.25) is 5.02 Å². The molecule has 18 heavy (non-hydrogen) atoms. The molecule has 4 heteroatoms. The van der Waals surface area contributed by atoms with E-state index in [1.54, 1.807) is 12.1 Å². The van der Waals surface area contributed by atoms with E-state index in [-0.39, 0.29) is 0 Å². The summed E-state index contributed by atoms with van der Waals surface area (Å²) in [5.74, 6) is 0.630. The molecule has 3 rings (SSSR count). The largest absolute Gasteiger partial charge is 0.383 e. The minimum atomic E-state index is 0.630. The van der Waals surface area contributed by atoms with E-state index in [0.29, 0.717) is 10.8 Å². The highest BCUT2D eigenvalue weighted by atomic mass is 35.5. The number of nitrogens with zero attached hydrogens (tertiary/aromatic N) is 2. The summed E-state index contributed by atoms with van der Waals surface area (Å²) in [5.41, 5.74) is 9.89. The molecule has 0 spiro atoms. The van der Waals surface area contributed by atoms with Crippen molar-refractivity contribution in [3.05, 3.63) is 53.2 Å². The Morgan fingerprint density at radius 3 is 2.61 bits per heavy atom. The second-order valence-electron chi connectivity index (χ2n) is 4.28. The van der Waals surface area contributed by atoms with Crippen molar-refractivity contribution in [3.63, 3.8) is 0 Å². The Bertz CT molecular complexity index is 714. The molecule has 0 aliphatic heterocycles. The summed E-state index contributed by atoms with van der Waals surface area (Å²) in [6.45, 7) is 2.05. The van der Waals surface area contributed by atoms with Crippen molar-refractivity contribution >= 4 is 23.1 Å². The molecule has 0 saturated carbocycles. The summed E-state index contributed by atoms with van der Waals surface area (Å²) < 4.78 is 1.83. The Kier molecular flexibility index (Phi) is 2.49. The van der Waals surface area contributed by atoms with Crippen molar-refractivity contribution in [1.29, 1.82) is 0 Å². The van der Waals surface area contributed by atoms with Gasteiger partial charge < -0.3 is 5.73 Å². The number of fused-ring (bicyclic) bond motifs is 1. The summed E-state index contributed by atoms with van der Waals surface area (Å²) in [4.78, 5) is 4.53. The zero-order valence-electron chi connectivity index (χ0n) is 9.89. The maximum atomic E-state index is 6.12. The first-order chi connectivity index (χ1) is 8.65. The third-order valence-corrected chi connectivity index (χ3v) is 3.19. The molecule has 3 aromatic rings. The Morgan fingerprint density at radius 1 is 1.17 bits per heavy atom. The second-order valence-corrected chi connectivity index (χ2v) is 4.72. The van der Waals surface area contributed by atoms with Gasteiger partial charge in [-0.25, -0.2) is 4.98 Å². The lowest BCUT2D eigenvalue weighted by Gasteiger charge is -2.00. The van der Waals surface area contributed by atoms with E-state index < -0.39 is 0 Å². The lowest BCUT2D eigenvalue weighted by atomic mass is 10.1. The summed E-state index contributed by atoms with van der Waals surface area (Å²) in [5, 5.41) is 0.656. The molecule has 0 amide bonds. The summed E-state index contributed by atoms with van der Waals surface area (Å²) in [6.07, 6.45) is 1.83. The van der Waals surface area contributed by atoms with E-state index in [0.717, 1.165) is 16.9 Å². The van der Waals surface area contributed by atoms with Gasteiger partial charge in [0.25, 0.3) is 0 Å². The first kappa shape index (κ1) is 11.1. The zero-order valence-corrected chi connectivity index (χ0v) is 10.6. The van der Waals surface area contributed by atoms with Crippen LogP contribution in [0.4, 0.5) is 5.82 Å². The SMILES string of the molecule is Cc1ccc(-c2nc3cc(Cl)ccn3c2N)cc1. The van der Waals surface area contributed by atoms with Crippen molar-refractivity contribution in [2.24, 2.45) is 0 Å². The summed E-state index contributed by atoms with van der Waals surface area (Å²) in [6, 6.07) is 11.7. The predicted octanol–water partition coefficient (Wildman–Crippen LogP) is 3.55. The van der Waals surface area contributed by atoms with E-state index in [4.69, 9.17) is 17.3 Å². The normalized spacial score (nSPS) is 11.0. The lowest BCUT2D eigenvalue weighted by molar-refractivity contribution is 1.20. The van der Waals surface area contributed by atoms with Crippen LogP contribution in [0.1, 0.15) is 5.56 Å². The molecule has 3 nitrogen and oxygen atoms in total. The molecule has 0 radical (unpaired) electrons. The third-order valence-electron chi connectivity index (χ3n) is 2.95. The van der Waals surface area contributed by atoms with Gasteiger partial charge in [-0.05, 0) is 13.0 Å². The van der Waals surface area contributed by atoms with E-state index in [1.807, 2.05) is 34.9 Å². The van der Waals surface area contributed by atoms with Crippen LogP contribution in [0, 0.1) is 6.92 Å². The Hall–Kier alpha value is -2.00. The zero-order chi connectivity index (χ0) is 12.7. The first-order valence-corrected chi connectivity index (χ1v) is 6.03. The van der Waals surface area contributed by atoms with Crippen molar-refractivity contribution in [1.82, 2.24) is 9.38 Å². The van der Waals surface area contributed by atoms with E-state index in [2.05, 4.69) is 11.9 Å². The third kappa shape index (κ3) is 1.73. The fraction of sp³-hybridized carbons (Fsp3) is 0.0714. The van der Waals surface area contributed by atoms with Gasteiger partial charge in [-0.2, -0.15) is 0 Å². The molecule has 0 atom stereocenters. The Morgan fingerprint density at radius 2 is 1.89 bits per heavy atom. The molecule has 2 N–H and O–H groups in total. The maximum Gasteiger partial charge on any atom is 0.140 e. The summed E-state index contributed by atoms with van der Waals surface area (Å²) in [7, 11) is 0. The number of aromatic nitrogens is 2. The van der Waals surface area contributed by atoms with Crippen LogP contribution in [-0.4, -0.2) is 9.38 Å². The average molecular weight is 258 g/mol. The molecule has 1 aromatic carbocycles. The molecule has 90 valence electrons. The maximum absolute atomic E-state index is 6.12. The van der Waals surface area contributed by atoms with Crippen molar-refractivity contribution in [3.8, 4) is 11.3 Å². The topological polar surface area (TPSA) is 43.3 Å². The number of imidazole rings is 1. The monoisotopic (exact) mass is 257 g/mol. The van der Waals surface area contributed by atoms with E-state index in [9.17, 15) is 0 Å². The molecule has 0 unspecified atom stereocenters. The van der Waals surface area contributed by atoms with Crippen LogP contribution in [0.15, 0.2) is 42.6 Å². The van der Waals surface area contributed by atoms with Crippen LogP contribution >= 0.6 is 11.6 Å². The fourth-order valence-corrected chi connectivity index (χ4v) is 2.12. The number of pyridine rings is 1. The fourth-order valence-electron chi connectivity index (χ4n) is 1.96. The second kappa shape index (κ2) is 4.03. The van der Waals surface area contributed by atoms with Crippen molar-refractivity contribution in [2.45, 2.75) is 6.92 Å². The molecule has 2 aromatic heterocycles. The molecular formula is C14H12ClN3. The summed E-state index contributed by atoms with van der Waals surface area (Å²) >= 11 is 5.95. The average Bonchev–Trinajstić information content (AvgIpc) is 2.67. The number of halogens is 1. The van der Waals surface area contributed by atoms with Gasteiger partial charge in [0.1, 0.15) is 17.2 Å².